The molecule has 1 aliphatic rings. The first kappa shape index (κ1) is 19.5. The van der Waals surface area contributed by atoms with E-state index in [0.29, 0.717) is 34.9 Å². The molecule has 1 saturated heterocycles. The monoisotopic (exact) mass is 365 g/mol. The van der Waals surface area contributed by atoms with Crippen LogP contribution in [0.1, 0.15) is 25.7 Å². The SMILES string of the molecule is Cl.NCCC1CCCCN1CC(=O)Nc1c(Cl)cccc1Cl. The fraction of sp³-hybridized carbons (Fsp3) is 0.533. The van der Waals surface area contributed by atoms with Crippen molar-refractivity contribution in [1.82, 2.24) is 4.90 Å². The number of nitrogens with two attached hydrogens (primary N) is 1. The highest BCUT2D eigenvalue weighted by Gasteiger charge is 2.24. The van der Waals surface area contributed by atoms with Gasteiger partial charge in [0.25, 0.3) is 0 Å². The number of likely N-dealkylation sites (tertiary alicyclic amines) is 1. The van der Waals surface area contributed by atoms with Gasteiger partial charge in [-0.2, -0.15) is 0 Å². The summed E-state index contributed by atoms with van der Waals surface area (Å²) >= 11 is 12.1. The molecule has 1 atom stereocenters. The number of para-hydroxylation sites is 1. The second-order valence-electron chi connectivity index (χ2n) is 5.34. The van der Waals surface area contributed by atoms with Gasteiger partial charge >= 0.3 is 0 Å². The Morgan fingerprint density at radius 3 is 2.64 bits per heavy atom. The molecule has 0 radical (unpaired) electrons. The van der Waals surface area contributed by atoms with Crippen LogP contribution in [0.3, 0.4) is 0 Å². The van der Waals surface area contributed by atoms with E-state index in [1.165, 1.54) is 6.42 Å². The van der Waals surface area contributed by atoms with E-state index in [9.17, 15) is 4.79 Å². The lowest BCUT2D eigenvalue weighted by atomic mass is 9.99. The number of halogens is 3. The minimum absolute atomic E-state index is 0. The van der Waals surface area contributed by atoms with Crippen molar-refractivity contribution in [3.05, 3.63) is 28.2 Å². The van der Waals surface area contributed by atoms with E-state index in [1.807, 2.05) is 0 Å². The number of carbonyl (C=O) groups is 1. The number of amides is 1. The number of anilines is 1. The van der Waals surface area contributed by atoms with Crippen LogP contribution in [-0.2, 0) is 4.79 Å². The summed E-state index contributed by atoms with van der Waals surface area (Å²) in [6.07, 6.45) is 4.37. The van der Waals surface area contributed by atoms with Gasteiger partial charge in [0.05, 0.1) is 22.3 Å². The van der Waals surface area contributed by atoms with Crippen molar-refractivity contribution in [1.29, 1.82) is 0 Å². The van der Waals surface area contributed by atoms with Gasteiger partial charge in [-0.1, -0.05) is 35.7 Å². The minimum atomic E-state index is -0.0890. The third-order valence-electron chi connectivity index (χ3n) is 3.82. The fourth-order valence-corrected chi connectivity index (χ4v) is 3.26. The van der Waals surface area contributed by atoms with Crippen molar-refractivity contribution < 1.29 is 4.79 Å². The average Bonchev–Trinajstić information content (AvgIpc) is 2.45. The molecular weight excluding hydrogens is 345 g/mol. The lowest BCUT2D eigenvalue weighted by Gasteiger charge is -2.35. The molecule has 1 aromatic carbocycles. The first-order chi connectivity index (χ1) is 10.1. The molecule has 1 unspecified atom stereocenters. The van der Waals surface area contributed by atoms with Gasteiger partial charge in [0.2, 0.25) is 5.91 Å². The summed E-state index contributed by atoms with van der Waals surface area (Å²) in [4.78, 5) is 14.4. The van der Waals surface area contributed by atoms with E-state index in [0.717, 1.165) is 25.8 Å². The normalized spacial score (nSPS) is 18.6. The quantitative estimate of drug-likeness (QED) is 0.837. The summed E-state index contributed by atoms with van der Waals surface area (Å²) in [5.41, 5.74) is 6.14. The minimum Gasteiger partial charge on any atom is -0.330 e. The van der Waals surface area contributed by atoms with Gasteiger partial charge in [-0.05, 0) is 44.5 Å². The van der Waals surface area contributed by atoms with Gasteiger partial charge in [0, 0.05) is 6.04 Å². The smallest absolute Gasteiger partial charge is 0.238 e. The lowest BCUT2D eigenvalue weighted by molar-refractivity contribution is -0.118. The predicted molar refractivity (Wildman–Crippen MR) is 95.2 cm³/mol. The number of carbonyl (C=O) groups excluding carboxylic acids is 1. The van der Waals surface area contributed by atoms with E-state index in [-0.39, 0.29) is 18.3 Å². The number of nitrogens with zero attached hydrogens (tertiary/aromatic N) is 1. The molecule has 1 amide bonds. The van der Waals surface area contributed by atoms with Crippen molar-refractivity contribution in [3.8, 4) is 0 Å². The van der Waals surface area contributed by atoms with Gasteiger partial charge in [-0.25, -0.2) is 0 Å². The third kappa shape index (κ3) is 5.28. The molecule has 7 heteroatoms. The number of piperidine rings is 1. The maximum atomic E-state index is 12.2. The van der Waals surface area contributed by atoms with Crippen LogP contribution in [0.25, 0.3) is 0 Å². The zero-order valence-electron chi connectivity index (χ0n) is 12.4. The van der Waals surface area contributed by atoms with Crippen LogP contribution in [0, 0.1) is 0 Å². The van der Waals surface area contributed by atoms with E-state index < -0.39 is 0 Å². The Balaban J connectivity index is 0.00000242. The highest BCUT2D eigenvalue weighted by atomic mass is 35.5. The summed E-state index contributed by atoms with van der Waals surface area (Å²) in [6, 6.07) is 5.57. The number of rotatable bonds is 5. The molecule has 3 N–H and O–H groups in total. The van der Waals surface area contributed by atoms with Gasteiger partial charge in [-0.15, -0.1) is 12.4 Å². The number of hydrogen-bond donors (Lipinski definition) is 2. The molecule has 0 saturated carbocycles. The van der Waals surface area contributed by atoms with Crippen molar-refractivity contribution in [3.63, 3.8) is 0 Å². The van der Waals surface area contributed by atoms with Crippen molar-refractivity contribution in [2.75, 3.05) is 25.0 Å². The van der Waals surface area contributed by atoms with Crippen LogP contribution >= 0.6 is 35.6 Å². The largest absolute Gasteiger partial charge is 0.330 e. The Kier molecular flexibility index (Phi) is 8.50. The molecule has 2 rings (SSSR count). The Labute approximate surface area is 147 Å². The zero-order chi connectivity index (χ0) is 15.2. The maximum absolute atomic E-state index is 12.2. The Hall–Kier alpha value is -0.520. The van der Waals surface area contributed by atoms with Crippen molar-refractivity contribution >= 4 is 47.2 Å². The van der Waals surface area contributed by atoms with E-state index in [4.69, 9.17) is 28.9 Å². The third-order valence-corrected chi connectivity index (χ3v) is 4.45. The molecule has 0 aliphatic carbocycles. The van der Waals surface area contributed by atoms with Crippen LogP contribution in [-0.4, -0.2) is 36.5 Å². The predicted octanol–water partition coefficient (Wildman–Crippen LogP) is 3.56. The molecular formula is C15H22Cl3N3O. The van der Waals surface area contributed by atoms with Crippen LogP contribution < -0.4 is 11.1 Å². The van der Waals surface area contributed by atoms with Crippen molar-refractivity contribution in [2.45, 2.75) is 31.7 Å². The summed E-state index contributed by atoms with van der Waals surface area (Å²) in [7, 11) is 0. The topological polar surface area (TPSA) is 58.4 Å². The molecule has 22 heavy (non-hydrogen) atoms. The van der Waals surface area contributed by atoms with E-state index >= 15 is 0 Å². The van der Waals surface area contributed by atoms with Gasteiger partial charge < -0.3 is 11.1 Å². The molecule has 4 nitrogen and oxygen atoms in total. The molecule has 0 bridgehead atoms. The molecule has 1 fully saturated rings. The second kappa shape index (κ2) is 9.58. The van der Waals surface area contributed by atoms with Gasteiger partial charge in [0.15, 0.2) is 0 Å². The summed E-state index contributed by atoms with van der Waals surface area (Å²) in [6.45, 7) is 1.94. The highest BCUT2D eigenvalue weighted by Crippen LogP contribution is 2.29. The zero-order valence-corrected chi connectivity index (χ0v) is 14.7. The highest BCUT2D eigenvalue weighted by molar-refractivity contribution is 6.39. The van der Waals surface area contributed by atoms with Crippen LogP contribution in [0.4, 0.5) is 5.69 Å². The molecule has 1 aliphatic heterocycles. The summed E-state index contributed by atoms with van der Waals surface area (Å²) < 4.78 is 0. The molecule has 1 heterocycles. The fourth-order valence-electron chi connectivity index (χ4n) is 2.77. The second-order valence-corrected chi connectivity index (χ2v) is 6.16. The Morgan fingerprint density at radius 2 is 2.00 bits per heavy atom. The maximum Gasteiger partial charge on any atom is 0.238 e. The summed E-state index contributed by atoms with van der Waals surface area (Å²) in [5, 5.41) is 3.72. The number of benzene rings is 1. The summed E-state index contributed by atoms with van der Waals surface area (Å²) in [5.74, 6) is -0.0890. The van der Waals surface area contributed by atoms with Crippen LogP contribution in [0.15, 0.2) is 18.2 Å². The first-order valence-electron chi connectivity index (χ1n) is 7.30. The first-order valence-corrected chi connectivity index (χ1v) is 8.05. The van der Waals surface area contributed by atoms with Gasteiger partial charge in [-0.3, -0.25) is 9.69 Å². The standard InChI is InChI=1S/C15H21Cl2N3O.ClH/c16-12-5-3-6-13(17)15(12)19-14(21)10-20-9-2-1-4-11(20)7-8-18;/h3,5-6,11H,1-2,4,7-10,18H2,(H,19,21);1H. The van der Waals surface area contributed by atoms with E-state index in [2.05, 4.69) is 10.2 Å². The number of hydrogen-bond acceptors (Lipinski definition) is 3. The van der Waals surface area contributed by atoms with Crippen LogP contribution in [0.5, 0.6) is 0 Å². The van der Waals surface area contributed by atoms with Gasteiger partial charge in [0.1, 0.15) is 0 Å². The van der Waals surface area contributed by atoms with E-state index in [1.54, 1.807) is 18.2 Å². The Bertz CT molecular complexity index is 477. The lowest BCUT2D eigenvalue weighted by Crippen LogP contribution is -2.44. The Morgan fingerprint density at radius 1 is 1.32 bits per heavy atom. The van der Waals surface area contributed by atoms with Crippen LogP contribution in [0.2, 0.25) is 10.0 Å². The number of nitrogens with one attached hydrogen (secondary N) is 1. The van der Waals surface area contributed by atoms with Crippen molar-refractivity contribution in [2.24, 2.45) is 5.73 Å². The molecule has 1 aromatic rings. The molecule has 0 spiro atoms. The molecule has 0 aromatic heterocycles. The molecule has 124 valence electrons. The average molecular weight is 367 g/mol.